The first-order valence-corrected chi connectivity index (χ1v) is 6.84. The quantitative estimate of drug-likeness (QED) is 0.681. The van der Waals surface area contributed by atoms with Crippen molar-refractivity contribution in [2.75, 3.05) is 24.7 Å². The van der Waals surface area contributed by atoms with Crippen molar-refractivity contribution in [3.63, 3.8) is 0 Å². The largest absolute Gasteiger partial charge is 0.469 e. The summed E-state index contributed by atoms with van der Waals surface area (Å²) in [6, 6.07) is 0. The van der Waals surface area contributed by atoms with Crippen molar-refractivity contribution in [3.05, 3.63) is 20.8 Å². The fourth-order valence-corrected chi connectivity index (χ4v) is 1.87. The number of nitrogens with two attached hydrogens (primary N) is 1. The van der Waals surface area contributed by atoms with Gasteiger partial charge in [0, 0.05) is 20.1 Å². The molecule has 8 nitrogen and oxygen atoms in total. The number of nitrogen functional groups attached to an aromatic ring is 1. The molecule has 0 saturated carbocycles. The Morgan fingerprint density at radius 1 is 1.38 bits per heavy atom. The molecule has 8 heteroatoms. The molecular weight excluding hydrogens is 276 g/mol. The van der Waals surface area contributed by atoms with Crippen molar-refractivity contribution in [1.82, 2.24) is 9.13 Å². The SMILES string of the molecule is CCCCn1c(N)c(NCCC(=O)OC)c(=O)n(C)c1=O. The molecule has 1 aromatic rings. The minimum Gasteiger partial charge on any atom is -0.469 e. The summed E-state index contributed by atoms with van der Waals surface area (Å²) in [5, 5.41) is 2.81. The van der Waals surface area contributed by atoms with Crippen molar-refractivity contribution >= 4 is 17.5 Å². The Hall–Kier alpha value is -2.25. The number of ether oxygens (including phenoxy) is 1. The topological polar surface area (TPSA) is 108 Å². The van der Waals surface area contributed by atoms with Gasteiger partial charge in [0.1, 0.15) is 11.5 Å². The number of carbonyl (C=O) groups is 1. The van der Waals surface area contributed by atoms with Gasteiger partial charge in [-0.2, -0.15) is 0 Å². The number of carbonyl (C=O) groups excluding carboxylic acids is 1. The van der Waals surface area contributed by atoms with E-state index in [9.17, 15) is 14.4 Å². The smallest absolute Gasteiger partial charge is 0.332 e. The molecule has 0 aliphatic heterocycles. The third-order valence-corrected chi connectivity index (χ3v) is 3.18. The van der Waals surface area contributed by atoms with Gasteiger partial charge in [-0.3, -0.25) is 18.7 Å². The maximum Gasteiger partial charge on any atom is 0.332 e. The molecule has 0 unspecified atom stereocenters. The minimum absolute atomic E-state index is 0.0985. The van der Waals surface area contributed by atoms with E-state index in [1.54, 1.807) is 0 Å². The summed E-state index contributed by atoms with van der Waals surface area (Å²) in [4.78, 5) is 35.2. The van der Waals surface area contributed by atoms with Crippen LogP contribution < -0.4 is 22.3 Å². The normalized spacial score (nSPS) is 10.4. The molecule has 0 amide bonds. The Labute approximate surface area is 122 Å². The highest BCUT2D eigenvalue weighted by molar-refractivity contribution is 5.70. The molecule has 0 aliphatic carbocycles. The maximum absolute atomic E-state index is 12.1. The van der Waals surface area contributed by atoms with E-state index in [1.165, 1.54) is 18.7 Å². The second-order valence-corrected chi connectivity index (χ2v) is 4.67. The summed E-state index contributed by atoms with van der Waals surface area (Å²) in [7, 11) is 2.69. The van der Waals surface area contributed by atoms with E-state index in [2.05, 4.69) is 10.1 Å². The minimum atomic E-state index is -0.505. The molecule has 0 aromatic carbocycles. The van der Waals surface area contributed by atoms with Crippen LogP contribution in [-0.2, 0) is 23.1 Å². The van der Waals surface area contributed by atoms with Crippen LogP contribution in [0.15, 0.2) is 9.59 Å². The van der Waals surface area contributed by atoms with Crippen LogP contribution in [0, 0.1) is 0 Å². The lowest BCUT2D eigenvalue weighted by Crippen LogP contribution is -2.41. The average molecular weight is 298 g/mol. The van der Waals surface area contributed by atoms with Crippen molar-refractivity contribution < 1.29 is 9.53 Å². The number of nitrogens with zero attached hydrogens (tertiary/aromatic N) is 2. The van der Waals surface area contributed by atoms with E-state index in [4.69, 9.17) is 5.73 Å². The Morgan fingerprint density at radius 2 is 2.05 bits per heavy atom. The highest BCUT2D eigenvalue weighted by atomic mass is 16.5. The summed E-state index contributed by atoms with van der Waals surface area (Å²) >= 11 is 0. The number of aromatic nitrogens is 2. The monoisotopic (exact) mass is 298 g/mol. The maximum atomic E-state index is 12.1. The number of hydrogen-bond donors (Lipinski definition) is 2. The van der Waals surface area contributed by atoms with Crippen LogP contribution in [0.2, 0.25) is 0 Å². The second-order valence-electron chi connectivity index (χ2n) is 4.67. The third-order valence-electron chi connectivity index (χ3n) is 3.18. The molecule has 0 spiro atoms. The number of methoxy groups -OCH3 is 1. The van der Waals surface area contributed by atoms with E-state index < -0.39 is 17.2 Å². The van der Waals surface area contributed by atoms with E-state index in [-0.39, 0.29) is 24.5 Å². The molecule has 0 fully saturated rings. The first kappa shape index (κ1) is 16.8. The van der Waals surface area contributed by atoms with Crippen molar-refractivity contribution in [1.29, 1.82) is 0 Å². The van der Waals surface area contributed by atoms with Crippen molar-refractivity contribution in [2.24, 2.45) is 7.05 Å². The lowest BCUT2D eigenvalue weighted by Gasteiger charge is -2.15. The number of esters is 1. The van der Waals surface area contributed by atoms with E-state index in [1.807, 2.05) is 6.92 Å². The van der Waals surface area contributed by atoms with Gasteiger partial charge >= 0.3 is 11.7 Å². The summed E-state index contributed by atoms with van der Waals surface area (Å²) in [5.74, 6) is -0.293. The molecule has 118 valence electrons. The van der Waals surface area contributed by atoms with Crippen molar-refractivity contribution in [3.8, 4) is 0 Å². The highest BCUT2D eigenvalue weighted by Gasteiger charge is 2.15. The van der Waals surface area contributed by atoms with Crippen LogP contribution in [0.4, 0.5) is 11.5 Å². The van der Waals surface area contributed by atoms with Gasteiger partial charge in [0.2, 0.25) is 0 Å². The lowest BCUT2D eigenvalue weighted by molar-refractivity contribution is -0.140. The Morgan fingerprint density at radius 3 is 2.62 bits per heavy atom. The van der Waals surface area contributed by atoms with Crippen LogP contribution in [-0.4, -0.2) is 28.8 Å². The third kappa shape index (κ3) is 3.87. The van der Waals surface area contributed by atoms with Gasteiger partial charge in [-0.25, -0.2) is 4.79 Å². The predicted molar refractivity (Wildman–Crippen MR) is 80.4 cm³/mol. The zero-order chi connectivity index (χ0) is 16.0. The molecule has 1 aromatic heterocycles. The average Bonchev–Trinajstić information content (AvgIpc) is 2.48. The fraction of sp³-hybridized carbons (Fsp3) is 0.615. The molecule has 1 heterocycles. The molecule has 1 rings (SSSR count). The first-order chi connectivity index (χ1) is 9.93. The molecular formula is C13H22N4O4. The lowest BCUT2D eigenvalue weighted by atomic mass is 10.3. The fourth-order valence-electron chi connectivity index (χ4n) is 1.87. The Kier molecular flexibility index (Phi) is 6.01. The predicted octanol–water partition coefficient (Wildman–Crippen LogP) is -0.0957. The van der Waals surface area contributed by atoms with E-state index in [0.717, 1.165) is 17.4 Å². The number of anilines is 2. The molecule has 21 heavy (non-hydrogen) atoms. The standard InChI is InChI=1S/C13H22N4O4/c1-4-5-8-17-11(14)10(12(19)16(2)13(17)20)15-7-6-9(18)21-3/h15H,4-8,14H2,1-3H3. The number of unbranched alkanes of at least 4 members (excludes halogenated alkanes) is 1. The molecule has 0 radical (unpaired) electrons. The van der Waals surface area contributed by atoms with Crippen LogP contribution in [0.3, 0.4) is 0 Å². The molecule has 0 aliphatic rings. The van der Waals surface area contributed by atoms with Gasteiger partial charge < -0.3 is 15.8 Å². The summed E-state index contributed by atoms with van der Waals surface area (Å²) in [5.41, 5.74) is 5.11. The van der Waals surface area contributed by atoms with Gasteiger partial charge in [-0.15, -0.1) is 0 Å². The van der Waals surface area contributed by atoms with E-state index in [0.29, 0.717) is 6.54 Å². The second kappa shape index (κ2) is 7.51. The van der Waals surface area contributed by atoms with Crippen molar-refractivity contribution in [2.45, 2.75) is 32.7 Å². The molecule has 3 N–H and O–H groups in total. The highest BCUT2D eigenvalue weighted by Crippen LogP contribution is 2.11. The summed E-state index contributed by atoms with van der Waals surface area (Å²) < 4.78 is 6.89. The van der Waals surface area contributed by atoms with Crippen LogP contribution in [0.5, 0.6) is 0 Å². The van der Waals surface area contributed by atoms with Crippen LogP contribution >= 0.6 is 0 Å². The van der Waals surface area contributed by atoms with E-state index >= 15 is 0 Å². The van der Waals surface area contributed by atoms with Gasteiger partial charge in [0.15, 0.2) is 0 Å². The number of rotatable bonds is 7. The van der Waals surface area contributed by atoms with Gasteiger partial charge in [-0.05, 0) is 6.42 Å². The van der Waals surface area contributed by atoms with Gasteiger partial charge in [0.05, 0.1) is 13.5 Å². The first-order valence-electron chi connectivity index (χ1n) is 6.84. The molecule has 0 atom stereocenters. The Bertz CT molecular complexity index is 618. The Balaban J connectivity index is 3.08. The zero-order valence-electron chi connectivity index (χ0n) is 12.6. The molecule has 0 saturated heterocycles. The van der Waals surface area contributed by atoms with Gasteiger partial charge in [-0.1, -0.05) is 13.3 Å². The summed E-state index contributed by atoms with van der Waals surface area (Å²) in [6.07, 6.45) is 1.79. The molecule has 0 bridgehead atoms. The summed E-state index contributed by atoms with van der Waals surface area (Å²) in [6.45, 7) is 2.65. The zero-order valence-corrected chi connectivity index (χ0v) is 12.6. The number of nitrogens with one attached hydrogen (secondary N) is 1. The van der Waals surface area contributed by atoms with Gasteiger partial charge in [0.25, 0.3) is 5.56 Å². The van der Waals surface area contributed by atoms with Crippen LogP contribution in [0.1, 0.15) is 26.2 Å². The van der Waals surface area contributed by atoms with Crippen LogP contribution in [0.25, 0.3) is 0 Å². The number of hydrogen-bond acceptors (Lipinski definition) is 6.